The van der Waals surface area contributed by atoms with Crippen LogP contribution in [0.2, 0.25) is 0 Å². The highest BCUT2D eigenvalue weighted by molar-refractivity contribution is 5.82. The van der Waals surface area contributed by atoms with Crippen LogP contribution in [0.4, 0.5) is 4.39 Å². The molecule has 1 N–H and O–H groups in total. The number of ether oxygens (including phenoxy) is 1. The second-order valence-corrected chi connectivity index (χ2v) is 3.74. The second kappa shape index (κ2) is 5.77. The van der Waals surface area contributed by atoms with Crippen molar-refractivity contribution in [2.45, 2.75) is 25.8 Å². The van der Waals surface area contributed by atoms with Crippen LogP contribution in [0, 0.1) is 5.82 Å². The lowest BCUT2D eigenvalue weighted by Crippen LogP contribution is -2.48. The monoisotopic (exact) mass is 239 g/mol. The van der Waals surface area contributed by atoms with Crippen molar-refractivity contribution in [3.63, 3.8) is 0 Å². The Kier molecular flexibility index (Phi) is 4.63. The van der Waals surface area contributed by atoms with Gasteiger partial charge in [0.15, 0.2) is 0 Å². The molecular weight excluding hydrogens is 221 g/mol. The molecule has 1 rings (SSSR count). The molecule has 94 valence electrons. The molecule has 0 fully saturated rings. The average Bonchev–Trinajstić information content (AvgIpc) is 2.34. The van der Waals surface area contributed by atoms with Crippen LogP contribution in [0.5, 0.6) is 0 Å². The zero-order valence-electron chi connectivity index (χ0n) is 10.4. The van der Waals surface area contributed by atoms with Crippen LogP contribution < -0.4 is 5.32 Å². The van der Waals surface area contributed by atoms with Crippen molar-refractivity contribution in [2.24, 2.45) is 0 Å². The average molecular weight is 239 g/mol. The molecule has 0 aromatic heterocycles. The lowest BCUT2D eigenvalue weighted by atomic mass is 9.87. The molecule has 0 aliphatic heterocycles. The zero-order chi connectivity index (χ0) is 12.9. The van der Waals surface area contributed by atoms with Crippen LogP contribution in [-0.2, 0) is 15.1 Å². The van der Waals surface area contributed by atoms with E-state index in [0.29, 0.717) is 18.6 Å². The Morgan fingerprint density at radius 3 is 2.35 bits per heavy atom. The molecule has 0 heterocycles. The maximum Gasteiger partial charge on any atom is 0.330 e. The highest BCUT2D eigenvalue weighted by atomic mass is 19.1. The molecule has 1 aromatic rings. The van der Waals surface area contributed by atoms with Gasteiger partial charge in [-0.25, -0.2) is 9.18 Å². The lowest BCUT2D eigenvalue weighted by Gasteiger charge is -2.30. The Morgan fingerprint density at radius 1 is 1.35 bits per heavy atom. The first kappa shape index (κ1) is 13.6. The number of carbonyl (C=O) groups excluding carboxylic acids is 1. The number of nitrogens with one attached hydrogen (secondary N) is 1. The number of hydrogen-bond donors (Lipinski definition) is 1. The zero-order valence-corrected chi connectivity index (χ0v) is 10.4. The van der Waals surface area contributed by atoms with Crippen LogP contribution in [0.15, 0.2) is 24.3 Å². The molecule has 1 aromatic carbocycles. The predicted octanol–water partition coefficient (Wildman–Crippen LogP) is 2.21. The summed E-state index contributed by atoms with van der Waals surface area (Å²) in [5.74, 6) is -0.657. The number of halogens is 1. The third kappa shape index (κ3) is 2.64. The molecule has 0 bridgehead atoms. The van der Waals surface area contributed by atoms with Crippen LogP contribution in [0.1, 0.15) is 25.8 Å². The van der Waals surface area contributed by atoms with Gasteiger partial charge in [0.2, 0.25) is 0 Å². The fraction of sp³-hybridized carbons (Fsp3) is 0.462. The van der Waals surface area contributed by atoms with Crippen molar-refractivity contribution in [1.82, 2.24) is 5.32 Å². The van der Waals surface area contributed by atoms with E-state index in [-0.39, 0.29) is 11.8 Å². The molecule has 0 amide bonds. The van der Waals surface area contributed by atoms with Gasteiger partial charge >= 0.3 is 5.97 Å². The van der Waals surface area contributed by atoms with Gasteiger partial charge in [-0.1, -0.05) is 19.1 Å². The van der Waals surface area contributed by atoms with E-state index in [4.69, 9.17) is 4.74 Å². The Hall–Kier alpha value is -1.42. The van der Waals surface area contributed by atoms with Gasteiger partial charge in [-0.05, 0) is 38.1 Å². The summed E-state index contributed by atoms with van der Waals surface area (Å²) in [6.45, 7) is 3.97. The van der Waals surface area contributed by atoms with Crippen LogP contribution in [0.25, 0.3) is 0 Å². The highest BCUT2D eigenvalue weighted by Crippen LogP contribution is 2.26. The maximum absolute atomic E-state index is 12.9. The molecule has 0 saturated heterocycles. The van der Waals surface area contributed by atoms with E-state index in [1.807, 2.05) is 6.92 Å². The van der Waals surface area contributed by atoms with E-state index in [0.717, 1.165) is 0 Å². The van der Waals surface area contributed by atoms with Gasteiger partial charge in [-0.3, -0.25) is 0 Å². The lowest BCUT2D eigenvalue weighted by molar-refractivity contribution is -0.151. The van der Waals surface area contributed by atoms with Gasteiger partial charge in [0, 0.05) is 0 Å². The highest BCUT2D eigenvalue weighted by Gasteiger charge is 2.38. The molecule has 0 aliphatic rings. The first-order valence-electron chi connectivity index (χ1n) is 5.73. The standard InChI is InChI=1S/C13H18FNO2/c1-4-13(15-3,12(16)17-5-2)10-6-8-11(14)9-7-10/h6-9,15H,4-5H2,1-3H3. The largest absolute Gasteiger partial charge is 0.464 e. The molecule has 0 saturated carbocycles. The summed E-state index contributed by atoms with van der Waals surface area (Å²) in [7, 11) is 1.70. The third-order valence-electron chi connectivity index (χ3n) is 2.92. The van der Waals surface area contributed by atoms with Crippen molar-refractivity contribution in [1.29, 1.82) is 0 Å². The van der Waals surface area contributed by atoms with Crippen molar-refractivity contribution >= 4 is 5.97 Å². The summed E-state index contributed by atoms with van der Waals surface area (Å²) in [5, 5.41) is 2.99. The Balaban J connectivity index is 3.14. The number of rotatable bonds is 5. The summed E-state index contributed by atoms with van der Waals surface area (Å²) in [6, 6.07) is 5.89. The molecule has 0 aliphatic carbocycles. The van der Waals surface area contributed by atoms with Gasteiger partial charge < -0.3 is 10.1 Å². The van der Waals surface area contributed by atoms with Gasteiger partial charge in [0.05, 0.1) is 6.61 Å². The normalized spacial score (nSPS) is 14.1. The first-order chi connectivity index (χ1) is 8.10. The van der Waals surface area contributed by atoms with E-state index in [2.05, 4.69) is 5.32 Å². The smallest absolute Gasteiger partial charge is 0.330 e. The van der Waals surface area contributed by atoms with E-state index in [1.165, 1.54) is 12.1 Å². The SMILES string of the molecule is CCOC(=O)C(CC)(NC)c1ccc(F)cc1. The second-order valence-electron chi connectivity index (χ2n) is 3.74. The summed E-state index contributed by atoms with van der Waals surface area (Å²) in [4.78, 5) is 12.0. The summed E-state index contributed by atoms with van der Waals surface area (Å²) in [6.07, 6.45) is 0.536. The first-order valence-corrected chi connectivity index (χ1v) is 5.73. The number of likely N-dealkylation sites (N-methyl/N-ethyl adjacent to an activating group) is 1. The molecule has 0 radical (unpaired) electrons. The van der Waals surface area contributed by atoms with Gasteiger partial charge in [-0.2, -0.15) is 0 Å². The molecule has 0 spiro atoms. The van der Waals surface area contributed by atoms with Crippen LogP contribution in [0.3, 0.4) is 0 Å². The van der Waals surface area contributed by atoms with Crippen LogP contribution >= 0.6 is 0 Å². The molecule has 17 heavy (non-hydrogen) atoms. The van der Waals surface area contributed by atoms with Gasteiger partial charge in [0.25, 0.3) is 0 Å². The van der Waals surface area contributed by atoms with Gasteiger partial charge in [0.1, 0.15) is 11.4 Å². The number of benzene rings is 1. The number of hydrogen-bond acceptors (Lipinski definition) is 3. The Bertz CT molecular complexity index is 372. The van der Waals surface area contributed by atoms with Crippen LogP contribution in [-0.4, -0.2) is 19.6 Å². The van der Waals surface area contributed by atoms with Crippen molar-refractivity contribution in [2.75, 3.05) is 13.7 Å². The predicted molar refractivity (Wildman–Crippen MR) is 64.1 cm³/mol. The van der Waals surface area contributed by atoms with E-state index in [1.54, 1.807) is 26.1 Å². The molecule has 1 unspecified atom stereocenters. The van der Waals surface area contributed by atoms with E-state index in [9.17, 15) is 9.18 Å². The molecule has 4 heteroatoms. The Labute approximate surface area is 101 Å². The number of esters is 1. The maximum atomic E-state index is 12.9. The summed E-state index contributed by atoms with van der Waals surface area (Å²) >= 11 is 0. The summed E-state index contributed by atoms with van der Waals surface area (Å²) < 4.78 is 18.0. The third-order valence-corrected chi connectivity index (χ3v) is 2.92. The number of carbonyl (C=O) groups is 1. The Morgan fingerprint density at radius 2 is 1.94 bits per heavy atom. The van der Waals surface area contributed by atoms with Crippen molar-refractivity contribution in [3.8, 4) is 0 Å². The minimum Gasteiger partial charge on any atom is -0.464 e. The quantitative estimate of drug-likeness (QED) is 0.801. The minimum atomic E-state index is -0.899. The van der Waals surface area contributed by atoms with Gasteiger partial charge in [-0.15, -0.1) is 0 Å². The van der Waals surface area contributed by atoms with E-state index < -0.39 is 5.54 Å². The fourth-order valence-electron chi connectivity index (χ4n) is 1.88. The fourth-order valence-corrected chi connectivity index (χ4v) is 1.88. The van der Waals surface area contributed by atoms with E-state index >= 15 is 0 Å². The molecule has 3 nitrogen and oxygen atoms in total. The summed E-state index contributed by atoms with van der Waals surface area (Å²) in [5.41, 5.74) is -0.189. The van der Waals surface area contributed by atoms with Crippen molar-refractivity contribution in [3.05, 3.63) is 35.6 Å². The van der Waals surface area contributed by atoms with Crippen molar-refractivity contribution < 1.29 is 13.9 Å². The minimum absolute atomic E-state index is 0.321. The molecular formula is C13H18FNO2. The topological polar surface area (TPSA) is 38.3 Å². The molecule has 1 atom stereocenters.